The molecule has 2 rings (SSSR count). The molecule has 0 bridgehead atoms. The largest absolute Gasteiger partial charge is 0.317 e. The number of pyridine rings is 1. The first-order chi connectivity index (χ1) is 6.20. The van der Waals surface area contributed by atoms with E-state index in [2.05, 4.69) is 21.2 Å². The molecule has 1 aromatic rings. The maximum absolute atomic E-state index is 11.7. The van der Waals surface area contributed by atoms with Crippen LogP contribution in [0.1, 0.15) is 11.1 Å². The van der Waals surface area contributed by atoms with Crippen LogP contribution in [0.4, 0.5) is 0 Å². The second-order valence-corrected chi connectivity index (χ2v) is 4.13. The third-order valence-corrected chi connectivity index (χ3v) is 3.07. The summed E-state index contributed by atoms with van der Waals surface area (Å²) in [5.74, 6) is 0. The first-order valence-corrected chi connectivity index (χ1v) is 5.07. The van der Waals surface area contributed by atoms with Gasteiger partial charge in [0.2, 0.25) is 0 Å². The van der Waals surface area contributed by atoms with Crippen LogP contribution in [0.25, 0.3) is 0 Å². The first-order valence-electron chi connectivity index (χ1n) is 4.28. The number of aromatic nitrogens is 1. The van der Waals surface area contributed by atoms with Gasteiger partial charge in [0.25, 0.3) is 5.56 Å². The van der Waals surface area contributed by atoms with E-state index in [-0.39, 0.29) is 5.56 Å². The van der Waals surface area contributed by atoms with Gasteiger partial charge in [-0.25, -0.2) is 0 Å². The van der Waals surface area contributed by atoms with Gasteiger partial charge in [0.15, 0.2) is 0 Å². The summed E-state index contributed by atoms with van der Waals surface area (Å²) in [5, 5.41) is 3.25. The van der Waals surface area contributed by atoms with Crippen LogP contribution < -0.4 is 10.9 Å². The molecular weight excluding hydrogens is 232 g/mol. The van der Waals surface area contributed by atoms with E-state index in [1.54, 1.807) is 11.6 Å². The Kier molecular flexibility index (Phi) is 2.26. The second-order valence-electron chi connectivity index (χ2n) is 3.28. The lowest BCUT2D eigenvalue weighted by Gasteiger charge is -2.18. The minimum atomic E-state index is 0.139. The van der Waals surface area contributed by atoms with Crippen LogP contribution in [0.2, 0.25) is 0 Å². The fourth-order valence-electron chi connectivity index (χ4n) is 1.67. The van der Waals surface area contributed by atoms with Crippen molar-refractivity contribution in [3.8, 4) is 0 Å². The Morgan fingerprint density at radius 3 is 3.08 bits per heavy atom. The summed E-state index contributed by atoms with van der Waals surface area (Å²) in [4.78, 5) is 11.7. The standard InChI is InChI=1S/C9H11BrN2O/c1-12-5-8(10)7-4-11-3-2-6(7)9(12)13/h5,11H,2-4H2,1H3. The highest BCUT2D eigenvalue weighted by atomic mass is 79.9. The molecule has 0 unspecified atom stereocenters. The van der Waals surface area contributed by atoms with E-state index in [0.717, 1.165) is 35.1 Å². The second kappa shape index (κ2) is 3.27. The number of halogens is 1. The van der Waals surface area contributed by atoms with Crippen LogP contribution in [0.15, 0.2) is 15.5 Å². The Morgan fingerprint density at radius 1 is 1.54 bits per heavy atom. The van der Waals surface area contributed by atoms with Gasteiger partial charge in [0.05, 0.1) is 0 Å². The average molecular weight is 243 g/mol. The molecule has 0 fully saturated rings. The van der Waals surface area contributed by atoms with Crippen LogP contribution in [0.3, 0.4) is 0 Å². The summed E-state index contributed by atoms with van der Waals surface area (Å²) in [6.45, 7) is 1.70. The molecule has 0 saturated heterocycles. The molecular formula is C9H11BrN2O. The number of aryl methyl sites for hydroxylation is 1. The van der Waals surface area contributed by atoms with Crippen molar-refractivity contribution in [2.75, 3.05) is 6.54 Å². The molecule has 0 atom stereocenters. The van der Waals surface area contributed by atoms with E-state index < -0.39 is 0 Å². The summed E-state index contributed by atoms with van der Waals surface area (Å²) in [6.07, 6.45) is 2.66. The molecule has 3 nitrogen and oxygen atoms in total. The van der Waals surface area contributed by atoms with Crippen molar-refractivity contribution in [2.45, 2.75) is 13.0 Å². The molecule has 70 valence electrons. The lowest BCUT2D eigenvalue weighted by Crippen LogP contribution is -2.32. The van der Waals surface area contributed by atoms with Gasteiger partial charge in [-0.1, -0.05) is 0 Å². The number of hydrogen-bond acceptors (Lipinski definition) is 2. The van der Waals surface area contributed by atoms with Gasteiger partial charge in [0.1, 0.15) is 0 Å². The summed E-state index contributed by atoms with van der Waals surface area (Å²) in [7, 11) is 1.79. The van der Waals surface area contributed by atoms with Gasteiger partial charge in [-0.3, -0.25) is 4.79 Å². The van der Waals surface area contributed by atoms with Crippen molar-refractivity contribution < 1.29 is 0 Å². The molecule has 0 radical (unpaired) electrons. The molecule has 1 N–H and O–H groups in total. The summed E-state index contributed by atoms with van der Waals surface area (Å²) >= 11 is 3.47. The van der Waals surface area contributed by atoms with Crippen LogP contribution in [-0.4, -0.2) is 11.1 Å². The Labute approximate surface area is 84.9 Å². The van der Waals surface area contributed by atoms with Gasteiger partial charge < -0.3 is 9.88 Å². The molecule has 0 aliphatic carbocycles. The highest BCUT2D eigenvalue weighted by Crippen LogP contribution is 2.19. The predicted octanol–water partition coefficient (Wildman–Crippen LogP) is 0.794. The molecule has 1 aromatic heterocycles. The topological polar surface area (TPSA) is 34.0 Å². The lowest BCUT2D eigenvalue weighted by atomic mass is 10.0. The number of fused-ring (bicyclic) bond motifs is 1. The Hall–Kier alpha value is -0.610. The first kappa shape index (κ1) is 8.97. The zero-order valence-corrected chi connectivity index (χ0v) is 9.02. The van der Waals surface area contributed by atoms with Crippen molar-refractivity contribution >= 4 is 15.9 Å². The van der Waals surface area contributed by atoms with Crippen molar-refractivity contribution in [3.63, 3.8) is 0 Å². The highest BCUT2D eigenvalue weighted by Gasteiger charge is 2.15. The molecule has 4 heteroatoms. The number of rotatable bonds is 0. The number of nitrogens with zero attached hydrogens (tertiary/aromatic N) is 1. The molecule has 1 aliphatic heterocycles. The van der Waals surface area contributed by atoms with Gasteiger partial charge in [-0.05, 0) is 34.5 Å². The number of hydrogen-bond donors (Lipinski definition) is 1. The summed E-state index contributed by atoms with van der Waals surface area (Å²) < 4.78 is 2.66. The van der Waals surface area contributed by atoms with Gasteiger partial charge >= 0.3 is 0 Å². The van der Waals surface area contributed by atoms with Crippen LogP contribution >= 0.6 is 15.9 Å². The Balaban J connectivity index is 2.70. The molecule has 2 heterocycles. The zero-order valence-electron chi connectivity index (χ0n) is 7.43. The number of nitrogens with one attached hydrogen (secondary N) is 1. The van der Waals surface area contributed by atoms with Gasteiger partial charge in [0, 0.05) is 29.8 Å². The van der Waals surface area contributed by atoms with Crippen molar-refractivity contribution in [1.82, 2.24) is 9.88 Å². The van der Waals surface area contributed by atoms with E-state index >= 15 is 0 Å². The molecule has 13 heavy (non-hydrogen) atoms. The van der Waals surface area contributed by atoms with Crippen LogP contribution in [-0.2, 0) is 20.0 Å². The van der Waals surface area contributed by atoms with E-state index in [4.69, 9.17) is 0 Å². The zero-order chi connectivity index (χ0) is 9.42. The third-order valence-electron chi connectivity index (χ3n) is 2.39. The molecule has 0 saturated carbocycles. The quantitative estimate of drug-likeness (QED) is 0.731. The molecule has 0 amide bonds. The van der Waals surface area contributed by atoms with E-state index in [0.29, 0.717) is 0 Å². The van der Waals surface area contributed by atoms with E-state index in [1.165, 1.54) is 0 Å². The fourth-order valence-corrected chi connectivity index (χ4v) is 2.36. The summed E-state index contributed by atoms with van der Waals surface area (Å²) in [5.41, 5.74) is 2.21. The molecule has 0 aromatic carbocycles. The third kappa shape index (κ3) is 1.44. The monoisotopic (exact) mass is 242 g/mol. The smallest absolute Gasteiger partial charge is 0.253 e. The lowest BCUT2D eigenvalue weighted by molar-refractivity contribution is 0.624. The van der Waals surface area contributed by atoms with Crippen molar-refractivity contribution in [3.05, 3.63) is 32.2 Å². The SMILES string of the molecule is Cn1cc(Br)c2c(c1=O)CCNC2. The van der Waals surface area contributed by atoms with Crippen molar-refractivity contribution in [2.24, 2.45) is 7.05 Å². The minimum absolute atomic E-state index is 0.139. The van der Waals surface area contributed by atoms with Crippen LogP contribution in [0.5, 0.6) is 0 Å². The Morgan fingerprint density at radius 2 is 2.31 bits per heavy atom. The highest BCUT2D eigenvalue weighted by molar-refractivity contribution is 9.10. The predicted molar refractivity (Wildman–Crippen MR) is 54.8 cm³/mol. The Bertz CT molecular complexity index is 397. The van der Waals surface area contributed by atoms with Gasteiger partial charge in [-0.2, -0.15) is 0 Å². The minimum Gasteiger partial charge on any atom is -0.317 e. The summed E-state index contributed by atoms with van der Waals surface area (Å²) in [6, 6.07) is 0. The van der Waals surface area contributed by atoms with Crippen LogP contribution in [0, 0.1) is 0 Å². The molecule has 1 aliphatic rings. The average Bonchev–Trinajstić information content (AvgIpc) is 2.15. The fraction of sp³-hybridized carbons (Fsp3) is 0.444. The van der Waals surface area contributed by atoms with E-state index in [1.807, 2.05) is 6.20 Å². The van der Waals surface area contributed by atoms with Crippen molar-refractivity contribution in [1.29, 1.82) is 0 Å². The normalized spacial score (nSPS) is 15.5. The maximum Gasteiger partial charge on any atom is 0.253 e. The maximum atomic E-state index is 11.7. The van der Waals surface area contributed by atoms with Gasteiger partial charge in [-0.15, -0.1) is 0 Å². The molecule has 0 spiro atoms. The van der Waals surface area contributed by atoms with E-state index in [9.17, 15) is 4.79 Å².